The van der Waals surface area contributed by atoms with Crippen molar-refractivity contribution in [2.24, 2.45) is 0 Å². The van der Waals surface area contributed by atoms with Crippen molar-refractivity contribution in [2.75, 3.05) is 0 Å². The van der Waals surface area contributed by atoms with E-state index in [-0.39, 0.29) is 0 Å². The molecule has 0 spiro atoms. The van der Waals surface area contributed by atoms with Crippen molar-refractivity contribution in [2.45, 2.75) is 16.5 Å². The lowest BCUT2D eigenvalue weighted by Crippen LogP contribution is -2.22. The molecule has 0 N–H and O–H groups in total. The van der Waals surface area contributed by atoms with E-state index in [9.17, 15) is 64.8 Å². The maximum atomic E-state index is 11.1. The number of halogens is 12. The first-order chi connectivity index (χ1) is 11.4. The van der Waals surface area contributed by atoms with Gasteiger partial charge in [0.15, 0.2) is 0 Å². The van der Waals surface area contributed by atoms with Crippen LogP contribution in [0.1, 0.15) is 0 Å². The van der Waals surface area contributed by atoms with Crippen LogP contribution in [0.5, 0.6) is 0 Å². The van der Waals surface area contributed by atoms with Crippen molar-refractivity contribution in [3.8, 4) is 0 Å². The Morgan fingerprint density at radius 2 is 0.556 bits per heavy atom. The minimum absolute atomic E-state index is 0.647. The van der Waals surface area contributed by atoms with Gasteiger partial charge in [0.25, 0.3) is 0 Å². The monoisotopic (exact) mass is 828 g/mol. The van der Waals surface area contributed by atoms with Crippen molar-refractivity contribution < 1.29 is 72.3 Å². The second kappa shape index (κ2) is 11.6. The molecule has 0 atom stereocenters. The van der Waals surface area contributed by atoms with Crippen LogP contribution in [0.2, 0.25) is 0 Å². The number of hydrogen-bond acceptors (Lipinski definition) is 9. The smallest absolute Gasteiger partial charge is 0.192 e. The third kappa shape index (κ3) is 12.6. The molecule has 0 rings (SSSR count). The molecule has 24 heteroatoms. The SMILES string of the molecule is O=S(=O)(OI)C(F)(F)F.O=S(=O)(OI)C(F)(F)F.O=S(=O)(OI)C(F)(F)F. The summed E-state index contributed by atoms with van der Waals surface area (Å²) < 4.78 is 167. The van der Waals surface area contributed by atoms with Crippen LogP contribution >= 0.6 is 69.0 Å². The zero-order valence-electron chi connectivity index (χ0n) is 10.9. The molecular formula is C3F9I3O9S3. The largest absolute Gasteiger partial charge is 0.523 e. The number of hydrogen-bond donors (Lipinski definition) is 0. The van der Waals surface area contributed by atoms with Crippen LogP contribution in [-0.2, 0) is 37.9 Å². The molecule has 9 nitrogen and oxygen atoms in total. The van der Waals surface area contributed by atoms with E-state index < -0.39 is 46.9 Å². The van der Waals surface area contributed by atoms with Gasteiger partial charge in [0.1, 0.15) is 69.0 Å². The Morgan fingerprint density at radius 1 is 0.444 bits per heavy atom. The van der Waals surface area contributed by atoms with E-state index in [0.29, 0.717) is 69.0 Å². The van der Waals surface area contributed by atoms with Gasteiger partial charge in [-0.1, -0.05) is 0 Å². The molecule has 0 bridgehead atoms. The second-order valence-corrected chi connectivity index (χ2v) is 10.6. The van der Waals surface area contributed by atoms with Gasteiger partial charge in [-0.3, -0.25) is 0 Å². The Balaban J connectivity index is -0.000000320. The zero-order valence-corrected chi connectivity index (χ0v) is 19.9. The van der Waals surface area contributed by atoms with E-state index in [1.807, 2.05) is 0 Å². The van der Waals surface area contributed by atoms with E-state index in [1.54, 1.807) is 0 Å². The first kappa shape index (κ1) is 32.9. The van der Waals surface area contributed by atoms with Crippen molar-refractivity contribution in [3.63, 3.8) is 0 Å². The molecule has 0 fully saturated rings. The van der Waals surface area contributed by atoms with Crippen LogP contribution in [0.25, 0.3) is 0 Å². The predicted octanol–water partition coefficient (Wildman–Crippen LogP) is 3.61. The van der Waals surface area contributed by atoms with Gasteiger partial charge in [-0.25, -0.2) is 0 Å². The highest BCUT2D eigenvalue weighted by molar-refractivity contribution is 14.1. The molecule has 0 aromatic heterocycles. The Morgan fingerprint density at radius 3 is 0.556 bits per heavy atom. The molecule has 0 aromatic rings. The molecule has 0 aliphatic rings. The van der Waals surface area contributed by atoms with Gasteiger partial charge in [-0.05, 0) is 0 Å². The van der Waals surface area contributed by atoms with Crippen LogP contribution in [0, 0.1) is 0 Å². The van der Waals surface area contributed by atoms with Gasteiger partial charge in [-0.2, -0.15) is 72.3 Å². The average Bonchev–Trinajstić information content (AvgIpc) is 2.45. The standard InChI is InChI=1S/3CF3IO3S/c3*2-1(3,4)9(6,7)8-5. The van der Waals surface area contributed by atoms with Crippen molar-refractivity contribution in [3.05, 3.63) is 0 Å². The molecule has 0 aliphatic heterocycles. The van der Waals surface area contributed by atoms with Gasteiger partial charge < -0.3 is 0 Å². The summed E-state index contributed by atoms with van der Waals surface area (Å²) in [7, 11) is -16.0. The summed E-state index contributed by atoms with van der Waals surface area (Å²) in [6, 6.07) is 0. The summed E-state index contributed by atoms with van der Waals surface area (Å²) in [5, 5.41) is 0. The Hall–Kier alpha value is 1.29. The maximum absolute atomic E-state index is 11.1. The molecule has 0 saturated carbocycles. The summed E-state index contributed by atoms with van der Waals surface area (Å²) in [4.78, 5) is 0. The van der Waals surface area contributed by atoms with Gasteiger partial charge in [-0.15, -0.1) is 0 Å². The summed E-state index contributed by atoms with van der Waals surface area (Å²) in [5.41, 5.74) is -15.9. The highest BCUT2D eigenvalue weighted by Gasteiger charge is 2.48. The van der Waals surface area contributed by atoms with Gasteiger partial charge in [0.05, 0.1) is 0 Å². The van der Waals surface area contributed by atoms with Crippen LogP contribution in [0.15, 0.2) is 0 Å². The normalized spacial score (nSPS) is 13.8. The maximum Gasteiger partial charge on any atom is 0.523 e. The Bertz CT molecular complexity index is 644. The van der Waals surface area contributed by atoms with Crippen molar-refractivity contribution in [1.82, 2.24) is 0 Å². The van der Waals surface area contributed by atoms with E-state index in [4.69, 9.17) is 0 Å². The summed E-state index contributed by atoms with van der Waals surface area (Å²) in [6.45, 7) is 0. The molecule has 0 unspecified atom stereocenters. The molecule has 0 saturated heterocycles. The first-order valence-corrected chi connectivity index (χ1v) is 11.1. The lowest BCUT2D eigenvalue weighted by atomic mass is 11.6. The van der Waals surface area contributed by atoms with E-state index in [0.717, 1.165) is 0 Å². The van der Waals surface area contributed by atoms with Crippen molar-refractivity contribution >= 4 is 99.4 Å². The topological polar surface area (TPSA) is 130 Å². The number of alkyl halides is 9. The molecule has 168 valence electrons. The summed E-state index contributed by atoms with van der Waals surface area (Å²) in [5.74, 6) is 0. The van der Waals surface area contributed by atoms with E-state index >= 15 is 0 Å². The van der Waals surface area contributed by atoms with Gasteiger partial charge in [0, 0.05) is 0 Å². The lowest BCUT2D eigenvalue weighted by molar-refractivity contribution is -0.0492. The molecule has 27 heavy (non-hydrogen) atoms. The van der Waals surface area contributed by atoms with Gasteiger partial charge in [0.2, 0.25) is 0 Å². The van der Waals surface area contributed by atoms with Gasteiger partial charge >= 0.3 is 46.9 Å². The predicted molar refractivity (Wildman–Crippen MR) is 90.2 cm³/mol. The lowest BCUT2D eigenvalue weighted by Gasteiger charge is -2.01. The molecular weight excluding hydrogens is 828 g/mol. The number of rotatable bonds is 3. The van der Waals surface area contributed by atoms with E-state index in [2.05, 4.69) is 7.54 Å². The summed E-state index contributed by atoms with van der Waals surface area (Å²) in [6.07, 6.45) is 0. The molecule has 0 aliphatic carbocycles. The highest BCUT2D eigenvalue weighted by Crippen LogP contribution is 2.27. The molecule has 0 radical (unpaired) electrons. The summed E-state index contributed by atoms with van der Waals surface area (Å²) >= 11 is 1.94. The Labute approximate surface area is 186 Å². The molecule has 0 aromatic carbocycles. The van der Waals surface area contributed by atoms with Crippen LogP contribution in [-0.4, -0.2) is 41.8 Å². The minimum Gasteiger partial charge on any atom is -0.192 e. The average molecular weight is 828 g/mol. The fourth-order valence-corrected chi connectivity index (χ4v) is 2.16. The second-order valence-electron chi connectivity index (χ2n) is 2.89. The molecule has 0 amide bonds. The quantitative estimate of drug-likeness (QED) is 0.238. The van der Waals surface area contributed by atoms with Crippen molar-refractivity contribution in [1.29, 1.82) is 0 Å². The van der Waals surface area contributed by atoms with E-state index in [1.165, 1.54) is 0 Å². The highest BCUT2D eigenvalue weighted by atomic mass is 127. The minimum atomic E-state index is -5.35. The zero-order chi connectivity index (χ0) is 23.1. The first-order valence-electron chi connectivity index (χ1n) is 4.28. The third-order valence-electron chi connectivity index (χ3n) is 1.10. The third-order valence-corrected chi connectivity index (χ3v) is 7.56. The van der Waals surface area contributed by atoms with Crippen LogP contribution < -0.4 is 0 Å². The fraction of sp³-hybridized carbons (Fsp3) is 1.00. The van der Waals surface area contributed by atoms with Crippen LogP contribution in [0.3, 0.4) is 0 Å². The Kier molecular flexibility index (Phi) is 14.2. The van der Waals surface area contributed by atoms with Crippen LogP contribution in [0.4, 0.5) is 39.5 Å². The molecule has 0 heterocycles. The fourth-order valence-electron chi connectivity index (χ4n) is 0.107.